The van der Waals surface area contributed by atoms with E-state index in [0.29, 0.717) is 24.7 Å². The number of aliphatic hydroxyl groups is 5. The Morgan fingerprint density at radius 1 is 0.820 bits per heavy atom. The zero-order valence-corrected chi connectivity index (χ0v) is 30.4. The Kier molecular flexibility index (Phi) is 9.30. The minimum absolute atomic E-state index is 0.00888. The lowest BCUT2D eigenvalue weighted by molar-refractivity contribution is -0.357. The summed E-state index contributed by atoms with van der Waals surface area (Å²) in [6.07, 6.45) is 0.143. The molecule has 2 aliphatic heterocycles. The molecular formula is C39H60O11. The molecule has 0 aromatic carbocycles. The average Bonchev–Trinajstić information content (AvgIpc) is 3.05. The minimum Gasteiger partial charge on any atom is -0.481 e. The summed E-state index contributed by atoms with van der Waals surface area (Å²) in [5.74, 6) is 0.103. The van der Waals surface area contributed by atoms with Crippen molar-refractivity contribution in [2.75, 3.05) is 13.2 Å². The topological polar surface area (TPSA) is 175 Å². The molecule has 0 unspecified atom stereocenters. The van der Waals surface area contributed by atoms with Crippen LogP contribution in [0.1, 0.15) is 98.8 Å². The molecule has 16 atom stereocenters. The maximum Gasteiger partial charge on any atom is 0.310 e. The maximum atomic E-state index is 12.9. The molecule has 6 fully saturated rings. The normalized spacial score (nSPS) is 53.2. The van der Waals surface area contributed by atoms with Gasteiger partial charge in [-0.3, -0.25) is 4.79 Å². The van der Waals surface area contributed by atoms with Crippen molar-refractivity contribution in [3.63, 3.8) is 0 Å². The molecule has 11 nitrogen and oxygen atoms in total. The molecule has 4 saturated carbocycles. The summed E-state index contributed by atoms with van der Waals surface area (Å²) in [6.45, 7) is 15.8. The Morgan fingerprint density at radius 2 is 1.50 bits per heavy atom. The fourth-order valence-electron chi connectivity index (χ4n) is 12.7. The van der Waals surface area contributed by atoms with E-state index in [0.717, 1.165) is 51.4 Å². The van der Waals surface area contributed by atoms with Crippen molar-refractivity contribution >= 4 is 5.97 Å². The Hall–Kier alpha value is -1.41. The van der Waals surface area contributed by atoms with Crippen molar-refractivity contribution < 1.29 is 54.4 Å². The van der Waals surface area contributed by atoms with Crippen LogP contribution in [0.15, 0.2) is 23.8 Å². The molecular weight excluding hydrogens is 644 g/mol. The molecule has 282 valence electrons. The highest BCUT2D eigenvalue weighted by molar-refractivity contribution is 5.77. The summed E-state index contributed by atoms with van der Waals surface area (Å²) in [7, 11) is 0. The van der Waals surface area contributed by atoms with Crippen LogP contribution >= 0.6 is 0 Å². The Bertz CT molecular complexity index is 1380. The van der Waals surface area contributed by atoms with Crippen molar-refractivity contribution in [3.05, 3.63) is 23.8 Å². The van der Waals surface area contributed by atoms with Crippen molar-refractivity contribution in [1.82, 2.24) is 0 Å². The molecule has 0 aromatic rings. The van der Waals surface area contributed by atoms with Gasteiger partial charge >= 0.3 is 5.97 Å². The lowest BCUT2D eigenvalue weighted by atomic mass is 9.34. The predicted octanol–water partition coefficient (Wildman–Crippen LogP) is 3.69. The average molecular weight is 705 g/mol. The highest BCUT2D eigenvalue weighted by Gasteiger charge is 2.69. The molecule has 0 aromatic heterocycles. The van der Waals surface area contributed by atoms with Crippen LogP contribution in [0.3, 0.4) is 0 Å². The number of hydrogen-bond donors (Lipinski definition) is 6. The molecule has 50 heavy (non-hydrogen) atoms. The van der Waals surface area contributed by atoms with Gasteiger partial charge in [0, 0.05) is 5.92 Å². The van der Waals surface area contributed by atoms with Crippen LogP contribution in [-0.2, 0) is 23.7 Å². The molecule has 2 heterocycles. The van der Waals surface area contributed by atoms with E-state index >= 15 is 0 Å². The van der Waals surface area contributed by atoms with E-state index in [4.69, 9.17) is 18.9 Å². The van der Waals surface area contributed by atoms with Gasteiger partial charge in [0.25, 0.3) is 0 Å². The number of aliphatic carboxylic acids is 1. The summed E-state index contributed by atoms with van der Waals surface area (Å²) in [5.41, 5.74) is 1.50. The largest absolute Gasteiger partial charge is 0.481 e. The number of ether oxygens (including phenoxy) is 4. The molecule has 6 N–H and O–H groups in total. The first kappa shape index (κ1) is 36.9. The summed E-state index contributed by atoms with van der Waals surface area (Å²) < 4.78 is 24.1. The lowest BCUT2D eigenvalue weighted by Crippen LogP contribution is -2.65. The highest BCUT2D eigenvalue weighted by atomic mass is 16.7. The maximum absolute atomic E-state index is 12.9. The molecule has 7 aliphatic rings. The third kappa shape index (κ3) is 5.27. The second-order valence-corrected chi connectivity index (χ2v) is 18.4. The van der Waals surface area contributed by atoms with Gasteiger partial charge in [0.05, 0.1) is 24.7 Å². The SMILES string of the molecule is C=C1CC[C@]2(C(=O)O)CC[C@]3(C)C(=CC[C@@H]4[C@@]5(C)CC[C@H](O[C@@H]6OC[C@H](O)[C@H](O)[C@H]6O[C@@H]6OC[C@@H](O)[C@H](O)[C@H]6O)C(C)(C)[C@@H]5CC[C@]43C)[C@@H]2C1. The number of aliphatic hydroxyl groups excluding tert-OH is 5. The number of fused-ring (bicyclic) bond motifs is 7. The number of carbonyl (C=O) groups is 1. The first-order valence-corrected chi connectivity index (χ1v) is 19.0. The smallest absolute Gasteiger partial charge is 0.310 e. The fourth-order valence-corrected chi connectivity index (χ4v) is 12.7. The summed E-state index contributed by atoms with van der Waals surface area (Å²) >= 11 is 0. The van der Waals surface area contributed by atoms with Crippen LogP contribution in [0, 0.1) is 44.8 Å². The molecule has 0 radical (unpaired) electrons. The number of hydrogen-bond acceptors (Lipinski definition) is 10. The van der Waals surface area contributed by atoms with E-state index in [1.807, 2.05) is 0 Å². The van der Waals surface area contributed by atoms with Crippen molar-refractivity contribution in [1.29, 1.82) is 0 Å². The zero-order valence-electron chi connectivity index (χ0n) is 30.4. The molecule has 5 aliphatic carbocycles. The Labute approximate surface area is 296 Å². The van der Waals surface area contributed by atoms with Crippen LogP contribution in [0.5, 0.6) is 0 Å². The van der Waals surface area contributed by atoms with E-state index < -0.39 is 60.6 Å². The van der Waals surface area contributed by atoms with E-state index in [9.17, 15) is 35.4 Å². The standard InChI is InChI=1S/C39H60O11/c1-20-9-14-39(34(45)46)16-15-37(5)21(22(39)17-20)7-8-26-36(4)12-11-27(35(2,3)25(36)10-13-38(26,37)6)49-33-31(29(43)24(41)19-48-33)50-32-30(44)28(42)23(40)18-47-32/h7,22-33,40-44H,1,8-19H2,2-6H3,(H,45,46)/t22-,23+,24-,25-,26+,27-,28-,29-,30+,31+,32-,33-,36-,37+,38+,39-/m0/s1. The number of carboxylic acid groups (broad SMARTS) is 1. The summed E-state index contributed by atoms with van der Waals surface area (Å²) in [5, 5.41) is 62.7. The van der Waals surface area contributed by atoms with Gasteiger partial charge in [0.1, 0.15) is 36.6 Å². The third-order valence-corrected chi connectivity index (χ3v) is 15.9. The Morgan fingerprint density at radius 3 is 2.20 bits per heavy atom. The molecule has 7 rings (SSSR count). The van der Waals surface area contributed by atoms with Crippen LogP contribution in [-0.4, -0.2) is 105 Å². The van der Waals surface area contributed by atoms with Gasteiger partial charge in [-0.15, -0.1) is 0 Å². The third-order valence-electron chi connectivity index (χ3n) is 15.9. The van der Waals surface area contributed by atoms with Crippen molar-refractivity contribution in [2.24, 2.45) is 44.8 Å². The number of carboxylic acids is 1. The van der Waals surface area contributed by atoms with Crippen LogP contribution in [0.25, 0.3) is 0 Å². The predicted molar refractivity (Wildman–Crippen MR) is 181 cm³/mol. The number of rotatable bonds is 5. The van der Waals surface area contributed by atoms with Gasteiger partial charge in [-0.1, -0.05) is 58.4 Å². The molecule has 0 bridgehead atoms. The summed E-state index contributed by atoms with van der Waals surface area (Å²) in [6, 6.07) is 0. The number of allylic oxidation sites excluding steroid dienone is 3. The highest BCUT2D eigenvalue weighted by Crippen LogP contribution is 2.75. The van der Waals surface area contributed by atoms with Gasteiger partial charge < -0.3 is 49.6 Å². The van der Waals surface area contributed by atoms with Crippen LogP contribution in [0.2, 0.25) is 0 Å². The monoisotopic (exact) mass is 704 g/mol. The molecule has 0 amide bonds. The van der Waals surface area contributed by atoms with Crippen molar-refractivity contribution in [3.8, 4) is 0 Å². The van der Waals surface area contributed by atoms with Crippen molar-refractivity contribution in [2.45, 2.75) is 154 Å². The second-order valence-electron chi connectivity index (χ2n) is 18.4. The quantitative estimate of drug-likeness (QED) is 0.182. The Balaban J connectivity index is 1.13. The van der Waals surface area contributed by atoms with E-state index in [1.165, 1.54) is 11.1 Å². The zero-order chi connectivity index (χ0) is 36.2. The van der Waals surface area contributed by atoms with Gasteiger partial charge in [-0.05, 0) is 97.7 Å². The van der Waals surface area contributed by atoms with Crippen LogP contribution in [0.4, 0.5) is 0 Å². The summed E-state index contributed by atoms with van der Waals surface area (Å²) in [4.78, 5) is 12.9. The van der Waals surface area contributed by atoms with Crippen LogP contribution < -0.4 is 0 Å². The van der Waals surface area contributed by atoms with E-state index in [1.54, 1.807) is 0 Å². The second kappa shape index (κ2) is 12.6. The van der Waals surface area contributed by atoms with Gasteiger partial charge in [-0.2, -0.15) is 0 Å². The first-order chi connectivity index (χ1) is 23.4. The first-order valence-electron chi connectivity index (χ1n) is 19.0. The molecule has 2 saturated heterocycles. The van der Waals surface area contributed by atoms with Gasteiger partial charge in [0.2, 0.25) is 0 Å². The minimum atomic E-state index is -1.57. The molecule has 0 spiro atoms. The molecule has 11 heteroatoms. The van der Waals surface area contributed by atoms with E-state index in [-0.39, 0.29) is 46.9 Å². The lowest BCUT2D eigenvalue weighted by Gasteiger charge is -2.71. The fraction of sp³-hybridized carbons (Fsp3) is 0.872. The van der Waals surface area contributed by atoms with Gasteiger partial charge in [-0.25, -0.2) is 0 Å². The van der Waals surface area contributed by atoms with Gasteiger partial charge in [0.15, 0.2) is 12.6 Å². The van der Waals surface area contributed by atoms with E-state index in [2.05, 4.69) is 47.3 Å².